The van der Waals surface area contributed by atoms with Gasteiger partial charge in [0.15, 0.2) is 0 Å². The van der Waals surface area contributed by atoms with Crippen LogP contribution >= 0.6 is 0 Å². The van der Waals surface area contributed by atoms with E-state index in [4.69, 9.17) is 0 Å². The van der Waals surface area contributed by atoms with Crippen molar-refractivity contribution in [1.29, 1.82) is 0 Å². The zero-order valence-electron chi connectivity index (χ0n) is 9.26. The molecule has 0 saturated heterocycles. The van der Waals surface area contributed by atoms with Gasteiger partial charge in [0.25, 0.3) is 0 Å². The van der Waals surface area contributed by atoms with Gasteiger partial charge in [-0.1, -0.05) is 39.3 Å². The molecule has 0 saturated carbocycles. The predicted octanol–water partition coefficient (Wildman–Crippen LogP) is 4.05. The summed E-state index contributed by atoms with van der Waals surface area (Å²) in [6, 6.07) is 6.92. The molecule has 0 spiro atoms. The lowest BCUT2D eigenvalue weighted by atomic mass is 9.88. The van der Waals surface area contributed by atoms with Crippen LogP contribution < -0.4 is 0 Å². The lowest BCUT2D eigenvalue weighted by Crippen LogP contribution is -2.09. The topological polar surface area (TPSA) is 0 Å². The van der Waals surface area contributed by atoms with E-state index in [2.05, 4.69) is 20.8 Å². The molecule has 0 nitrogen and oxygen atoms in total. The van der Waals surface area contributed by atoms with E-state index >= 15 is 0 Å². The van der Waals surface area contributed by atoms with E-state index in [-0.39, 0.29) is 5.82 Å². The van der Waals surface area contributed by atoms with Crippen LogP contribution in [-0.2, 0) is 6.42 Å². The SMILES string of the molecule is CCC(C)C(C)Cc1cccc(F)c1. The number of hydrogen-bond donors (Lipinski definition) is 0. The fraction of sp³-hybridized carbons (Fsp3) is 0.538. The Morgan fingerprint density at radius 1 is 1.21 bits per heavy atom. The number of benzene rings is 1. The summed E-state index contributed by atoms with van der Waals surface area (Å²) in [5, 5.41) is 0. The Balaban J connectivity index is 2.60. The molecule has 0 amide bonds. The van der Waals surface area contributed by atoms with E-state index in [1.807, 2.05) is 6.07 Å². The molecule has 2 unspecified atom stereocenters. The first-order valence-corrected chi connectivity index (χ1v) is 5.38. The van der Waals surface area contributed by atoms with Crippen molar-refractivity contribution < 1.29 is 4.39 Å². The molecule has 0 heterocycles. The Labute approximate surface area is 86.2 Å². The van der Waals surface area contributed by atoms with E-state index in [1.54, 1.807) is 12.1 Å². The van der Waals surface area contributed by atoms with Gasteiger partial charge in [-0.25, -0.2) is 4.39 Å². The van der Waals surface area contributed by atoms with Crippen molar-refractivity contribution >= 4 is 0 Å². The van der Waals surface area contributed by atoms with Crippen LogP contribution in [0.25, 0.3) is 0 Å². The predicted molar refractivity (Wildman–Crippen MR) is 58.7 cm³/mol. The zero-order chi connectivity index (χ0) is 10.6. The van der Waals surface area contributed by atoms with Crippen molar-refractivity contribution in [2.24, 2.45) is 11.8 Å². The van der Waals surface area contributed by atoms with Crippen LogP contribution in [-0.4, -0.2) is 0 Å². The first-order chi connectivity index (χ1) is 6.63. The molecular weight excluding hydrogens is 175 g/mol. The van der Waals surface area contributed by atoms with Gasteiger partial charge in [-0.2, -0.15) is 0 Å². The fourth-order valence-corrected chi connectivity index (χ4v) is 1.64. The lowest BCUT2D eigenvalue weighted by molar-refractivity contribution is 0.375. The van der Waals surface area contributed by atoms with Gasteiger partial charge in [-0.05, 0) is 36.0 Å². The van der Waals surface area contributed by atoms with Crippen molar-refractivity contribution in [3.05, 3.63) is 35.6 Å². The molecular formula is C13H19F. The van der Waals surface area contributed by atoms with Gasteiger partial charge in [0.2, 0.25) is 0 Å². The third-order valence-corrected chi connectivity index (χ3v) is 3.06. The molecule has 1 aromatic rings. The second-order valence-corrected chi connectivity index (χ2v) is 4.20. The molecule has 0 aliphatic carbocycles. The average molecular weight is 194 g/mol. The summed E-state index contributed by atoms with van der Waals surface area (Å²) in [4.78, 5) is 0. The molecule has 0 aromatic heterocycles. The number of hydrogen-bond acceptors (Lipinski definition) is 0. The van der Waals surface area contributed by atoms with Crippen molar-refractivity contribution in [1.82, 2.24) is 0 Å². The van der Waals surface area contributed by atoms with Crippen LogP contribution in [0, 0.1) is 17.7 Å². The summed E-state index contributed by atoms with van der Waals surface area (Å²) in [7, 11) is 0. The Bertz CT molecular complexity index is 280. The molecule has 1 aromatic carbocycles. The summed E-state index contributed by atoms with van der Waals surface area (Å²) in [6.07, 6.45) is 2.17. The van der Waals surface area contributed by atoms with E-state index in [9.17, 15) is 4.39 Å². The molecule has 78 valence electrons. The highest BCUT2D eigenvalue weighted by atomic mass is 19.1. The zero-order valence-corrected chi connectivity index (χ0v) is 9.26. The number of rotatable bonds is 4. The van der Waals surface area contributed by atoms with Gasteiger partial charge in [0.1, 0.15) is 5.82 Å². The Kier molecular flexibility index (Phi) is 4.12. The maximum atomic E-state index is 12.9. The summed E-state index contributed by atoms with van der Waals surface area (Å²) >= 11 is 0. The second kappa shape index (κ2) is 5.14. The Morgan fingerprint density at radius 3 is 2.50 bits per heavy atom. The van der Waals surface area contributed by atoms with Crippen LogP contribution in [0.1, 0.15) is 32.8 Å². The van der Waals surface area contributed by atoms with Crippen LogP contribution in [0.15, 0.2) is 24.3 Å². The monoisotopic (exact) mass is 194 g/mol. The third-order valence-electron chi connectivity index (χ3n) is 3.06. The minimum Gasteiger partial charge on any atom is -0.207 e. The molecule has 1 rings (SSSR count). The van der Waals surface area contributed by atoms with E-state index in [1.165, 1.54) is 12.5 Å². The van der Waals surface area contributed by atoms with Crippen LogP contribution in [0.2, 0.25) is 0 Å². The quantitative estimate of drug-likeness (QED) is 0.678. The van der Waals surface area contributed by atoms with Gasteiger partial charge >= 0.3 is 0 Å². The van der Waals surface area contributed by atoms with Gasteiger partial charge in [-0.15, -0.1) is 0 Å². The molecule has 0 aliphatic rings. The maximum absolute atomic E-state index is 12.9. The van der Waals surface area contributed by atoms with Crippen molar-refractivity contribution in [3.63, 3.8) is 0 Å². The molecule has 0 bridgehead atoms. The minimum atomic E-state index is -0.126. The van der Waals surface area contributed by atoms with Crippen LogP contribution in [0.5, 0.6) is 0 Å². The largest absolute Gasteiger partial charge is 0.207 e. The van der Waals surface area contributed by atoms with Crippen molar-refractivity contribution in [3.8, 4) is 0 Å². The normalized spacial score (nSPS) is 15.1. The van der Waals surface area contributed by atoms with Gasteiger partial charge < -0.3 is 0 Å². The van der Waals surface area contributed by atoms with Crippen LogP contribution in [0.4, 0.5) is 4.39 Å². The van der Waals surface area contributed by atoms with Gasteiger partial charge in [-0.3, -0.25) is 0 Å². The molecule has 2 atom stereocenters. The summed E-state index contributed by atoms with van der Waals surface area (Å²) < 4.78 is 12.9. The molecule has 14 heavy (non-hydrogen) atoms. The highest BCUT2D eigenvalue weighted by Crippen LogP contribution is 2.19. The smallest absolute Gasteiger partial charge is 0.123 e. The molecule has 0 aliphatic heterocycles. The first-order valence-electron chi connectivity index (χ1n) is 5.38. The summed E-state index contributed by atoms with van der Waals surface area (Å²) in [5.41, 5.74) is 1.11. The fourth-order valence-electron chi connectivity index (χ4n) is 1.64. The maximum Gasteiger partial charge on any atom is 0.123 e. The minimum absolute atomic E-state index is 0.126. The lowest BCUT2D eigenvalue weighted by Gasteiger charge is -2.18. The molecule has 1 heteroatoms. The van der Waals surface area contributed by atoms with Crippen molar-refractivity contribution in [2.75, 3.05) is 0 Å². The van der Waals surface area contributed by atoms with Crippen LogP contribution in [0.3, 0.4) is 0 Å². The Morgan fingerprint density at radius 2 is 1.93 bits per heavy atom. The molecule has 0 N–H and O–H groups in total. The van der Waals surface area contributed by atoms with E-state index < -0.39 is 0 Å². The number of halogens is 1. The van der Waals surface area contributed by atoms with Crippen molar-refractivity contribution in [2.45, 2.75) is 33.6 Å². The van der Waals surface area contributed by atoms with Gasteiger partial charge in [0, 0.05) is 0 Å². The highest BCUT2D eigenvalue weighted by Gasteiger charge is 2.10. The summed E-state index contributed by atoms with van der Waals surface area (Å²) in [6.45, 7) is 6.69. The Hall–Kier alpha value is -0.850. The standard InChI is InChI=1S/C13H19F/c1-4-10(2)11(3)8-12-6-5-7-13(14)9-12/h5-7,9-11H,4,8H2,1-3H3. The second-order valence-electron chi connectivity index (χ2n) is 4.20. The molecule has 0 fully saturated rings. The third kappa shape index (κ3) is 3.13. The summed E-state index contributed by atoms with van der Waals surface area (Å²) in [5.74, 6) is 1.21. The van der Waals surface area contributed by atoms with Gasteiger partial charge in [0.05, 0.1) is 0 Å². The highest BCUT2D eigenvalue weighted by molar-refractivity contribution is 5.16. The van der Waals surface area contributed by atoms with E-state index in [0.717, 1.165) is 12.0 Å². The van der Waals surface area contributed by atoms with E-state index in [0.29, 0.717) is 11.8 Å². The molecule has 0 radical (unpaired) electrons. The first kappa shape index (κ1) is 11.2. The average Bonchev–Trinajstić information content (AvgIpc) is 2.16.